The van der Waals surface area contributed by atoms with E-state index >= 15 is 0 Å². The molecule has 0 saturated heterocycles. The van der Waals surface area contributed by atoms with Gasteiger partial charge in [-0.25, -0.2) is 0 Å². The summed E-state index contributed by atoms with van der Waals surface area (Å²) in [6, 6.07) is 7.76. The molecule has 0 fully saturated rings. The molecule has 1 aromatic carbocycles. The third kappa shape index (κ3) is 5.06. The van der Waals surface area contributed by atoms with E-state index in [0.29, 0.717) is 19.8 Å². The van der Waals surface area contributed by atoms with Crippen LogP contribution in [0, 0.1) is 0 Å². The summed E-state index contributed by atoms with van der Waals surface area (Å²) in [7, 11) is 1.88. The lowest BCUT2D eigenvalue weighted by atomic mass is 10.3. The van der Waals surface area contributed by atoms with E-state index in [-0.39, 0.29) is 6.29 Å². The van der Waals surface area contributed by atoms with Crippen LogP contribution in [0.3, 0.4) is 0 Å². The zero-order valence-corrected chi connectivity index (χ0v) is 10.7. The first kappa shape index (κ1) is 13.8. The van der Waals surface area contributed by atoms with Gasteiger partial charge in [0.15, 0.2) is 6.29 Å². The highest BCUT2D eigenvalue weighted by atomic mass is 16.7. The monoisotopic (exact) mass is 239 g/mol. The Hall–Kier alpha value is -1.26. The van der Waals surface area contributed by atoms with Crippen LogP contribution in [0.4, 0.5) is 5.69 Å². The molecule has 1 aromatic rings. The SMILES string of the molecule is CCOC(COc1ccc(NC)cc1)OCC. The molecule has 0 aliphatic rings. The maximum atomic E-state index is 5.59. The van der Waals surface area contributed by atoms with Gasteiger partial charge in [0, 0.05) is 25.9 Å². The molecule has 1 N–H and O–H groups in total. The van der Waals surface area contributed by atoms with Gasteiger partial charge in [-0.1, -0.05) is 0 Å². The first-order chi connectivity index (χ1) is 8.30. The van der Waals surface area contributed by atoms with Crippen LogP contribution in [0.2, 0.25) is 0 Å². The minimum absolute atomic E-state index is 0.297. The van der Waals surface area contributed by atoms with E-state index in [1.54, 1.807) is 0 Å². The minimum Gasteiger partial charge on any atom is -0.488 e. The van der Waals surface area contributed by atoms with Crippen molar-refractivity contribution in [2.45, 2.75) is 20.1 Å². The molecule has 0 unspecified atom stereocenters. The third-order valence-electron chi connectivity index (χ3n) is 2.23. The van der Waals surface area contributed by atoms with Crippen LogP contribution in [0.1, 0.15) is 13.8 Å². The molecule has 0 amide bonds. The third-order valence-corrected chi connectivity index (χ3v) is 2.23. The second kappa shape index (κ2) is 7.92. The summed E-state index contributed by atoms with van der Waals surface area (Å²) in [6.45, 7) is 5.52. The first-order valence-electron chi connectivity index (χ1n) is 5.94. The van der Waals surface area contributed by atoms with E-state index in [4.69, 9.17) is 14.2 Å². The quantitative estimate of drug-likeness (QED) is 0.708. The van der Waals surface area contributed by atoms with Gasteiger partial charge in [-0.3, -0.25) is 0 Å². The van der Waals surface area contributed by atoms with Crippen molar-refractivity contribution in [3.05, 3.63) is 24.3 Å². The zero-order valence-electron chi connectivity index (χ0n) is 10.7. The number of anilines is 1. The van der Waals surface area contributed by atoms with Crippen molar-refractivity contribution < 1.29 is 14.2 Å². The molecule has 17 heavy (non-hydrogen) atoms. The zero-order chi connectivity index (χ0) is 12.5. The van der Waals surface area contributed by atoms with E-state index in [2.05, 4.69) is 5.32 Å². The molecular weight excluding hydrogens is 218 g/mol. The number of nitrogens with one attached hydrogen (secondary N) is 1. The van der Waals surface area contributed by atoms with Crippen molar-refractivity contribution >= 4 is 5.69 Å². The standard InChI is InChI=1S/C13H21NO3/c1-4-15-13(16-5-2)10-17-12-8-6-11(14-3)7-9-12/h6-9,13-14H,4-5,10H2,1-3H3. The molecule has 0 saturated carbocycles. The molecule has 4 heteroatoms. The maximum absolute atomic E-state index is 5.59. The Labute approximate surface area is 103 Å². The molecular formula is C13H21NO3. The topological polar surface area (TPSA) is 39.7 Å². The number of ether oxygens (including phenoxy) is 3. The Morgan fingerprint density at radius 2 is 1.65 bits per heavy atom. The summed E-state index contributed by atoms with van der Waals surface area (Å²) in [5.74, 6) is 0.813. The van der Waals surface area contributed by atoms with E-state index in [9.17, 15) is 0 Å². The largest absolute Gasteiger partial charge is 0.488 e. The second-order valence-electron chi connectivity index (χ2n) is 3.43. The average molecular weight is 239 g/mol. The first-order valence-corrected chi connectivity index (χ1v) is 5.94. The maximum Gasteiger partial charge on any atom is 0.191 e. The van der Waals surface area contributed by atoms with Gasteiger partial charge in [0.25, 0.3) is 0 Å². The highest BCUT2D eigenvalue weighted by Gasteiger charge is 2.08. The van der Waals surface area contributed by atoms with E-state index < -0.39 is 0 Å². The highest BCUT2D eigenvalue weighted by molar-refractivity contribution is 5.45. The summed E-state index contributed by atoms with van der Waals surface area (Å²) >= 11 is 0. The van der Waals surface area contributed by atoms with Gasteiger partial charge < -0.3 is 19.5 Å². The lowest BCUT2D eigenvalue weighted by molar-refractivity contribution is -0.152. The van der Waals surface area contributed by atoms with Crippen molar-refractivity contribution in [1.29, 1.82) is 0 Å². The fraction of sp³-hybridized carbons (Fsp3) is 0.538. The van der Waals surface area contributed by atoms with Gasteiger partial charge >= 0.3 is 0 Å². The molecule has 0 atom stereocenters. The molecule has 0 spiro atoms. The Morgan fingerprint density at radius 3 is 2.12 bits per heavy atom. The van der Waals surface area contributed by atoms with E-state index in [0.717, 1.165) is 11.4 Å². The Bertz CT molecular complexity index is 294. The molecule has 0 radical (unpaired) electrons. The lowest BCUT2D eigenvalue weighted by Gasteiger charge is -2.17. The van der Waals surface area contributed by atoms with Crippen molar-refractivity contribution in [2.75, 3.05) is 32.2 Å². The van der Waals surface area contributed by atoms with Crippen LogP contribution in [0.25, 0.3) is 0 Å². The van der Waals surface area contributed by atoms with Gasteiger partial charge in [-0.2, -0.15) is 0 Å². The molecule has 96 valence electrons. The minimum atomic E-state index is -0.297. The predicted octanol–water partition coefficient (Wildman–Crippen LogP) is 2.51. The number of benzene rings is 1. The normalized spacial score (nSPS) is 10.6. The van der Waals surface area contributed by atoms with Gasteiger partial charge in [-0.05, 0) is 38.1 Å². The van der Waals surface area contributed by atoms with Crippen LogP contribution in [-0.4, -0.2) is 33.2 Å². The molecule has 1 rings (SSSR count). The average Bonchev–Trinajstić information content (AvgIpc) is 2.37. The van der Waals surface area contributed by atoms with Crippen LogP contribution in [-0.2, 0) is 9.47 Å². The number of hydrogen-bond acceptors (Lipinski definition) is 4. The van der Waals surface area contributed by atoms with Gasteiger partial charge in [0.2, 0.25) is 0 Å². The number of rotatable bonds is 8. The molecule has 4 nitrogen and oxygen atoms in total. The van der Waals surface area contributed by atoms with Gasteiger partial charge in [-0.15, -0.1) is 0 Å². The molecule has 0 aliphatic heterocycles. The smallest absolute Gasteiger partial charge is 0.191 e. The summed E-state index contributed by atoms with van der Waals surface area (Å²) in [6.07, 6.45) is -0.297. The molecule has 0 heterocycles. The summed E-state index contributed by atoms with van der Waals surface area (Å²) in [5, 5.41) is 3.05. The Morgan fingerprint density at radius 1 is 1.06 bits per heavy atom. The van der Waals surface area contributed by atoms with E-state index in [1.165, 1.54) is 0 Å². The van der Waals surface area contributed by atoms with Crippen LogP contribution < -0.4 is 10.1 Å². The lowest BCUT2D eigenvalue weighted by Crippen LogP contribution is -2.25. The summed E-state index contributed by atoms with van der Waals surface area (Å²) < 4.78 is 16.4. The van der Waals surface area contributed by atoms with E-state index in [1.807, 2.05) is 45.2 Å². The summed E-state index contributed by atoms with van der Waals surface area (Å²) in [5.41, 5.74) is 1.06. The molecule has 0 aromatic heterocycles. The number of hydrogen-bond donors (Lipinski definition) is 1. The van der Waals surface area contributed by atoms with Crippen molar-refractivity contribution in [3.8, 4) is 5.75 Å². The van der Waals surface area contributed by atoms with Crippen molar-refractivity contribution in [1.82, 2.24) is 0 Å². The highest BCUT2D eigenvalue weighted by Crippen LogP contribution is 2.15. The van der Waals surface area contributed by atoms with Gasteiger partial charge in [0.05, 0.1) is 0 Å². The van der Waals surface area contributed by atoms with Crippen molar-refractivity contribution in [3.63, 3.8) is 0 Å². The molecule has 0 aliphatic carbocycles. The second-order valence-corrected chi connectivity index (χ2v) is 3.43. The van der Waals surface area contributed by atoms with Crippen LogP contribution in [0.5, 0.6) is 5.75 Å². The van der Waals surface area contributed by atoms with Crippen LogP contribution in [0.15, 0.2) is 24.3 Å². The summed E-state index contributed by atoms with van der Waals surface area (Å²) in [4.78, 5) is 0. The predicted molar refractivity (Wildman–Crippen MR) is 68.5 cm³/mol. The molecule has 0 bridgehead atoms. The Kier molecular flexibility index (Phi) is 6.43. The van der Waals surface area contributed by atoms with Gasteiger partial charge in [0.1, 0.15) is 12.4 Å². The Balaban J connectivity index is 2.41. The van der Waals surface area contributed by atoms with Crippen molar-refractivity contribution in [2.24, 2.45) is 0 Å². The fourth-order valence-electron chi connectivity index (χ4n) is 1.40. The van der Waals surface area contributed by atoms with Crippen LogP contribution >= 0.6 is 0 Å². The fourth-order valence-corrected chi connectivity index (χ4v) is 1.40.